The van der Waals surface area contributed by atoms with Gasteiger partial charge in [0.2, 0.25) is 5.91 Å². The van der Waals surface area contributed by atoms with E-state index in [1.807, 2.05) is 0 Å². The summed E-state index contributed by atoms with van der Waals surface area (Å²) < 4.78 is 0. The van der Waals surface area contributed by atoms with E-state index in [4.69, 9.17) is 5.11 Å². The van der Waals surface area contributed by atoms with Crippen LogP contribution < -0.4 is 5.32 Å². The molecule has 0 aromatic heterocycles. The Morgan fingerprint density at radius 3 is 2.55 bits per heavy atom. The lowest BCUT2D eigenvalue weighted by Crippen LogP contribution is -2.11. The number of carboxylic acids is 1. The van der Waals surface area contributed by atoms with Gasteiger partial charge in [0.05, 0.1) is 11.3 Å². The monoisotopic (exact) mass is 297 g/mol. The van der Waals surface area contributed by atoms with Crippen molar-refractivity contribution in [1.29, 1.82) is 0 Å². The summed E-state index contributed by atoms with van der Waals surface area (Å²) in [4.78, 5) is 22.9. The molecule has 5 nitrogen and oxygen atoms in total. The maximum absolute atomic E-state index is 11.9. The minimum absolute atomic E-state index is 0.0322. The molecule has 0 unspecified atom stereocenters. The molecule has 0 radical (unpaired) electrons. The molecule has 0 aliphatic heterocycles. The lowest BCUT2D eigenvalue weighted by atomic mass is 10.1. The smallest absolute Gasteiger partial charge is 0.337 e. The standard InChI is InChI=1S/C17H15NO4/c1-11-10-12(6-8-15(11)19)7-9-16(20)18-14-5-3-2-4-13(14)17(21)22/h2-10,19H,1H3,(H,18,20)(H,21,22)/b9-7+. The number of rotatable bonds is 4. The fraction of sp³-hybridized carbons (Fsp3) is 0.0588. The highest BCUT2D eigenvalue weighted by molar-refractivity contribution is 6.06. The van der Waals surface area contributed by atoms with E-state index in [1.165, 1.54) is 18.2 Å². The summed E-state index contributed by atoms with van der Waals surface area (Å²) in [6.07, 6.45) is 2.90. The number of benzene rings is 2. The molecule has 5 heteroatoms. The van der Waals surface area contributed by atoms with Gasteiger partial charge in [0, 0.05) is 6.08 Å². The van der Waals surface area contributed by atoms with Crippen molar-refractivity contribution in [2.45, 2.75) is 6.92 Å². The number of nitrogens with one attached hydrogen (secondary N) is 1. The molecule has 3 N–H and O–H groups in total. The van der Waals surface area contributed by atoms with E-state index in [-0.39, 0.29) is 17.0 Å². The average Bonchev–Trinajstić information content (AvgIpc) is 2.49. The number of phenolic OH excluding ortho intramolecular Hbond substituents is 1. The lowest BCUT2D eigenvalue weighted by molar-refractivity contribution is -0.111. The van der Waals surface area contributed by atoms with E-state index in [1.54, 1.807) is 43.3 Å². The van der Waals surface area contributed by atoms with E-state index < -0.39 is 11.9 Å². The van der Waals surface area contributed by atoms with Crippen molar-refractivity contribution in [1.82, 2.24) is 0 Å². The molecule has 0 heterocycles. The second-order valence-corrected chi connectivity index (χ2v) is 4.72. The Labute approximate surface area is 127 Å². The zero-order chi connectivity index (χ0) is 16.1. The molecular weight excluding hydrogens is 282 g/mol. The van der Waals surface area contributed by atoms with Crippen LogP contribution >= 0.6 is 0 Å². The van der Waals surface area contributed by atoms with Crippen molar-refractivity contribution in [3.63, 3.8) is 0 Å². The number of para-hydroxylation sites is 1. The molecule has 22 heavy (non-hydrogen) atoms. The Bertz CT molecular complexity index is 750. The average molecular weight is 297 g/mol. The van der Waals surface area contributed by atoms with Gasteiger partial charge in [0.15, 0.2) is 0 Å². The Morgan fingerprint density at radius 1 is 1.14 bits per heavy atom. The number of carbonyl (C=O) groups excluding carboxylic acids is 1. The number of hydrogen-bond donors (Lipinski definition) is 3. The predicted octanol–water partition coefficient (Wildman–Crippen LogP) is 3.05. The molecule has 112 valence electrons. The highest BCUT2D eigenvalue weighted by atomic mass is 16.4. The van der Waals surface area contributed by atoms with Crippen LogP contribution in [0.3, 0.4) is 0 Å². The first-order valence-electron chi connectivity index (χ1n) is 6.58. The number of aryl methyl sites for hydroxylation is 1. The molecule has 2 rings (SSSR count). The lowest BCUT2D eigenvalue weighted by Gasteiger charge is -2.06. The first-order chi connectivity index (χ1) is 10.5. The van der Waals surface area contributed by atoms with E-state index in [0.717, 1.165) is 5.56 Å². The third-order valence-corrected chi connectivity index (χ3v) is 3.06. The number of amides is 1. The van der Waals surface area contributed by atoms with Crippen LogP contribution in [0.5, 0.6) is 5.75 Å². The van der Waals surface area contributed by atoms with Gasteiger partial charge in [-0.1, -0.05) is 18.2 Å². The van der Waals surface area contributed by atoms with Gasteiger partial charge in [0.1, 0.15) is 5.75 Å². The largest absolute Gasteiger partial charge is 0.508 e. The first kappa shape index (κ1) is 15.3. The van der Waals surface area contributed by atoms with E-state index in [2.05, 4.69) is 5.32 Å². The molecule has 1 amide bonds. The van der Waals surface area contributed by atoms with Crippen LogP contribution in [0.25, 0.3) is 6.08 Å². The van der Waals surface area contributed by atoms with Gasteiger partial charge in [-0.3, -0.25) is 4.79 Å². The third-order valence-electron chi connectivity index (χ3n) is 3.06. The molecule has 0 fully saturated rings. The number of phenols is 1. The van der Waals surface area contributed by atoms with E-state index in [9.17, 15) is 14.7 Å². The molecule has 0 atom stereocenters. The summed E-state index contributed by atoms with van der Waals surface area (Å²) in [6, 6.07) is 11.2. The van der Waals surface area contributed by atoms with Crippen molar-refractivity contribution in [2.75, 3.05) is 5.32 Å². The predicted molar refractivity (Wildman–Crippen MR) is 83.9 cm³/mol. The molecule has 0 aliphatic rings. The van der Waals surface area contributed by atoms with Gasteiger partial charge in [0.25, 0.3) is 0 Å². The highest BCUT2D eigenvalue weighted by Gasteiger charge is 2.10. The summed E-state index contributed by atoms with van der Waals surface area (Å²) in [5.41, 5.74) is 1.74. The third kappa shape index (κ3) is 3.73. The summed E-state index contributed by atoms with van der Waals surface area (Å²) in [7, 11) is 0. The molecule has 0 saturated heterocycles. The highest BCUT2D eigenvalue weighted by Crippen LogP contribution is 2.18. The van der Waals surface area contributed by atoms with Gasteiger partial charge in [-0.15, -0.1) is 0 Å². The molecule has 2 aromatic carbocycles. The van der Waals surface area contributed by atoms with Crippen LogP contribution in [0.1, 0.15) is 21.5 Å². The minimum atomic E-state index is -1.10. The molecular formula is C17H15NO4. The van der Waals surface area contributed by atoms with Gasteiger partial charge in [-0.05, 0) is 48.4 Å². The molecule has 0 bridgehead atoms. The molecule has 0 aliphatic carbocycles. The van der Waals surface area contributed by atoms with Crippen LogP contribution in [-0.2, 0) is 4.79 Å². The maximum atomic E-state index is 11.9. The number of anilines is 1. The Kier molecular flexibility index (Phi) is 4.58. The van der Waals surface area contributed by atoms with Crippen molar-refractivity contribution in [3.05, 3.63) is 65.2 Å². The second kappa shape index (κ2) is 6.58. The van der Waals surface area contributed by atoms with Gasteiger partial charge in [-0.2, -0.15) is 0 Å². The van der Waals surface area contributed by atoms with Crippen molar-refractivity contribution < 1.29 is 19.8 Å². The van der Waals surface area contributed by atoms with Gasteiger partial charge >= 0.3 is 5.97 Å². The van der Waals surface area contributed by atoms with Crippen molar-refractivity contribution in [3.8, 4) is 5.75 Å². The van der Waals surface area contributed by atoms with Crippen LogP contribution in [0.4, 0.5) is 5.69 Å². The van der Waals surface area contributed by atoms with Gasteiger partial charge in [-0.25, -0.2) is 4.79 Å². The Morgan fingerprint density at radius 2 is 1.86 bits per heavy atom. The Balaban J connectivity index is 2.11. The van der Waals surface area contributed by atoms with Crippen LogP contribution in [0, 0.1) is 6.92 Å². The SMILES string of the molecule is Cc1cc(/C=C/C(=O)Nc2ccccc2C(=O)O)ccc1O. The number of carboxylic acid groups (broad SMARTS) is 1. The number of hydrogen-bond acceptors (Lipinski definition) is 3. The zero-order valence-electron chi connectivity index (χ0n) is 11.9. The normalized spacial score (nSPS) is 10.6. The topological polar surface area (TPSA) is 86.6 Å². The van der Waals surface area contributed by atoms with Gasteiger partial charge < -0.3 is 15.5 Å². The van der Waals surface area contributed by atoms with Crippen LogP contribution in [0.15, 0.2) is 48.5 Å². The maximum Gasteiger partial charge on any atom is 0.337 e. The number of aromatic carboxylic acids is 1. The zero-order valence-corrected chi connectivity index (χ0v) is 11.9. The molecule has 2 aromatic rings. The molecule has 0 saturated carbocycles. The van der Waals surface area contributed by atoms with Crippen LogP contribution in [0.2, 0.25) is 0 Å². The Hall–Kier alpha value is -3.08. The van der Waals surface area contributed by atoms with E-state index >= 15 is 0 Å². The fourth-order valence-corrected chi connectivity index (χ4v) is 1.91. The fourth-order valence-electron chi connectivity index (χ4n) is 1.91. The summed E-state index contributed by atoms with van der Waals surface area (Å²) in [5, 5.41) is 21.0. The summed E-state index contributed by atoms with van der Waals surface area (Å²) in [5.74, 6) is -1.34. The minimum Gasteiger partial charge on any atom is -0.508 e. The number of carbonyl (C=O) groups is 2. The quantitative estimate of drug-likeness (QED) is 0.757. The van der Waals surface area contributed by atoms with Crippen molar-refractivity contribution >= 4 is 23.6 Å². The van der Waals surface area contributed by atoms with Crippen LogP contribution in [-0.4, -0.2) is 22.1 Å². The van der Waals surface area contributed by atoms with Crippen molar-refractivity contribution in [2.24, 2.45) is 0 Å². The van der Waals surface area contributed by atoms with E-state index in [0.29, 0.717) is 5.56 Å². The summed E-state index contributed by atoms with van der Waals surface area (Å²) in [6.45, 7) is 1.76. The molecule has 0 spiro atoms. The number of aromatic hydroxyl groups is 1. The second-order valence-electron chi connectivity index (χ2n) is 4.72. The first-order valence-corrected chi connectivity index (χ1v) is 6.58. The summed E-state index contributed by atoms with van der Waals surface area (Å²) >= 11 is 0.